The first-order valence-electron chi connectivity index (χ1n) is 6.33. The molecule has 1 aliphatic rings. The van der Waals surface area contributed by atoms with E-state index in [1.165, 1.54) is 0 Å². The van der Waals surface area contributed by atoms with E-state index in [1.54, 1.807) is 0 Å². The Balaban J connectivity index is 2.68. The minimum atomic E-state index is -0.361. The smallest absolute Gasteiger partial charge is 0.312 e. The Hall–Kier alpha value is -0.860. The maximum absolute atomic E-state index is 12.0. The minimum absolute atomic E-state index is 0.0871. The molecule has 92 valence electrons. The predicted octanol–water partition coefficient (Wildman–Crippen LogP) is 2.87. The highest BCUT2D eigenvalue weighted by Gasteiger charge is 2.41. The number of esters is 1. The van der Waals surface area contributed by atoms with Crippen LogP contribution in [0.15, 0.2) is 0 Å². The molecule has 0 heterocycles. The van der Waals surface area contributed by atoms with Crippen LogP contribution < -0.4 is 0 Å². The minimum Gasteiger partial charge on any atom is -0.466 e. The Bertz CT molecular complexity index is 248. The van der Waals surface area contributed by atoms with E-state index in [1.807, 2.05) is 6.92 Å². The van der Waals surface area contributed by atoms with Crippen molar-refractivity contribution in [1.82, 2.24) is 0 Å². The van der Waals surface area contributed by atoms with Gasteiger partial charge in [0, 0.05) is 12.8 Å². The third-order valence-corrected chi connectivity index (χ3v) is 3.48. The van der Waals surface area contributed by atoms with Gasteiger partial charge in [-0.05, 0) is 26.2 Å². The lowest BCUT2D eigenvalue weighted by molar-refractivity contribution is -0.159. The topological polar surface area (TPSA) is 43.4 Å². The number of rotatable bonds is 5. The molecule has 1 rings (SSSR count). The molecule has 0 aromatic carbocycles. The first-order chi connectivity index (χ1) is 7.64. The number of ether oxygens (including phenoxy) is 1. The first kappa shape index (κ1) is 13.2. The fourth-order valence-electron chi connectivity index (χ4n) is 2.36. The van der Waals surface area contributed by atoms with Crippen LogP contribution in [-0.4, -0.2) is 18.4 Å². The second-order valence-corrected chi connectivity index (χ2v) is 4.64. The third kappa shape index (κ3) is 3.06. The van der Waals surface area contributed by atoms with Crippen LogP contribution in [0.1, 0.15) is 58.8 Å². The van der Waals surface area contributed by atoms with Crippen molar-refractivity contribution in [3.63, 3.8) is 0 Å². The van der Waals surface area contributed by atoms with Crippen molar-refractivity contribution >= 4 is 11.8 Å². The number of carbonyl (C=O) groups is 2. The van der Waals surface area contributed by atoms with Gasteiger partial charge in [-0.3, -0.25) is 9.59 Å². The van der Waals surface area contributed by atoms with Gasteiger partial charge < -0.3 is 4.74 Å². The Morgan fingerprint density at radius 3 is 2.44 bits per heavy atom. The molecule has 16 heavy (non-hydrogen) atoms. The highest BCUT2D eigenvalue weighted by molar-refractivity contribution is 5.84. The van der Waals surface area contributed by atoms with Crippen molar-refractivity contribution in [2.45, 2.75) is 58.8 Å². The molecular formula is C13H22O3. The molecule has 0 aromatic heterocycles. The lowest BCUT2D eigenvalue weighted by atomic mass is 9.70. The summed E-state index contributed by atoms with van der Waals surface area (Å²) in [5, 5.41) is 0. The highest BCUT2D eigenvalue weighted by atomic mass is 16.5. The van der Waals surface area contributed by atoms with Gasteiger partial charge in [0.2, 0.25) is 0 Å². The zero-order valence-corrected chi connectivity index (χ0v) is 10.4. The van der Waals surface area contributed by atoms with E-state index in [9.17, 15) is 9.59 Å². The molecule has 0 atom stereocenters. The number of Topliss-reactive ketones (excluding diaryl/α,β-unsaturated/α-hetero) is 1. The Morgan fingerprint density at radius 2 is 1.94 bits per heavy atom. The molecule has 0 radical (unpaired) electrons. The van der Waals surface area contributed by atoms with Gasteiger partial charge in [-0.1, -0.05) is 19.8 Å². The summed E-state index contributed by atoms with van der Waals surface area (Å²) in [6, 6.07) is 0. The molecular weight excluding hydrogens is 204 g/mol. The van der Waals surface area contributed by atoms with Crippen molar-refractivity contribution in [2.24, 2.45) is 5.41 Å². The number of carbonyl (C=O) groups excluding carboxylic acids is 2. The Morgan fingerprint density at radius 1 is 1.31 bits per heavy atom. The summed E-state index contributed by atoms with van der Waals surface area (Å²) in [7, 11) is 0. The summed E-state index contributed by atoms with van der Waals surface area (Å²) in [4.78, 5) is 23.3. The van der Waals surface area contributed by atoms with Crippen LogP contribution in [-0.2, 0) is 14.3 Å². The summed E-state index contributed by atoms with van der Waals surface area (Å²) in [5.74, 6) is 0.201. The monoisotopic (exact) mass is 226 g/mol. The van der Waals surface area contributed by atoms with Crippen molar-refractivity contribution in [1.29, 1.82) is 0 Å². The lowest BCUT2D eigenvalue weighted by Gasteiger charge is -2.34. The van der Waals surface area contributed by atoms with E-state index in [-0.39, 0.29) is 17.2 Å². The van der Waals surface area contributed by atoms with E-state index in [4.69, 9.17) is 4.74 Å². The number of hydrogen-bond acceptors (Lipinski definition) is 3. The van der Waals surface area contributed by atoms with Gasteiger partial charge in [0.25, 0.3) is 0 Å². The standard InChI is InChI=1S/C13H22O3/c1-3-5-8-13(12(15)16-4-2)9-6-11(14)7-10-13/h3-10H2,1-2H3. The zero-order chi connectivity index (χ0) is 12.0. The molecule has 3 nitrogen and oxygen atoms in total. The first-order valence-corrected chi connectivity index (χ1v) is 6.33. The quantitative estimate of drug-likeness (QED) is 0.677. The van der Waals surface area contributed by atoms with Crippen LogP contribution in [0.3, 0.4) is 0 Å². The van der Waals surface area contributed by atoms with Crippen LogP contribution in [0.5, 0.6) is 0 Å². The zero-order valence-electron chi connectivity index (χ0n) is 10.4. The van der Waals surface area contributed by atoms with E-state index in [2.05, 4.69) is 6.92 Å². The van der Waals surface area contributed by atoms with Crippen LogP contribution in [0.4, 0.5) is 0 Å². The molecule has 3 heteroatoms. The van der Waals surface area contributed by atoms with Gasteiger partial charge in [0.1, 0.15) is 5.78 Å². The molecule has 0 N–H and O–H groups in total. The van der Waals surface area contributed by atoms with E-state index >= 15 is 0 Å². The molecule has 0 aliphatic heterocycles. The SMILES string of the molecule is CCCCC1(C(=O)OCC)CCC(=O)CC1. The Labute approximate surface area is 97.5 Å². The van der Waals surface area contributed by atoms with Crippen LogP contribution >= 0.6 is 0 Å². The molecule has 1 saturated carbocycles. The fourth-order valence-corrected chi connectivity index (χ4v) is 2.36. The molecule has 1 fully saturated rings. The summed E-state index contributed by atoms with van der Waals surface area (Å²) < 4.78 is 5.17. The maximum atomic E-state index is 12.0. The van der Waals surface area contributed by atoms with Crippen LogP contribution in [0.25, 0.3) is 0 Å². The number of unbranched alkanes of at least 4 members (excludes halogenated alkanes) is 1. The highest BCUT2D eigenvalue weighted by Crippen LogP contribution is 2.40. The number of ketones is 1. The van der Waals surface area contributed by atoms with Crippen molar-refractivity contribution in [2.75, 3.05) is 6.61 Å². The average Bonchev–Trinajstić information content (AvgIpc) is 2.29. The van der Waals surface area contributed by atoms with E-state index in [0.717, 1.165) is 19.3 Å². The maximum Gasteiger partial charge on any atom is 0.312 e. The Kier molecular flexibility index (Phi) is 4.97. The fraction of sp³-hybridized carbons (Fsp3) is 0.846. The summed E-state index contributed by atoms with van der Waals surface area (Å²) in [6.45, 7) is 4.38. The molecule has 0 aromatic rings. The van der Waals surface area contributed by atoms with Gasteiger partial charge in [0.15, 0.2) is 0 Å². The van der Waals surface area contributed by atoms with Gasteiger partial charge in [0.05, 0.1) is 12.0 Å². The van der Waals surface area contributed by atoms with E-state index < -0.39 is 0 Å². The molecule has 0 spiro atoms. The third-order valence-electron chi connectivity index (χ3n) is 3.48. The van der Waals surface area contributed by atoms with Crippen LogP contribution in [0.2, 0.25) is 0 Å². The predicted molar refractivity (Wildman–Crippen MR) is 62.1 cm³/mol. The second kappa shape index (κ2) is 6.02. The van der Waals surface area contributed by atoms with Gasteiger partial charge in [-0.15, -0.1) is 0 Å². The molecule has 0 unspecified atom stereocenters. The molecule has 0 saturated heterocycles. The van der Waals surface area contributed by atoms with Crippen molar-refractivity contribution in [3.05, 3.63) is 0 Å². The normalized spacial score (nSPS) is 19.5. The van der Waals surface area contributed by atoms with E-state index in [0.29, 0.717) is 32.3 Å². The lowest BCUT2D eigenvalue weighted by Crippen LogP contribution is -2.37. The second-order valence-electron chi connectivity index (χ2n) is 4.64. The largest absolute Gasteiger partial charge is 0.466 e. The van der Waals surface area contributed by atoms with Gasteiger partial charge in [-0.25, -0.2) is 0 Å². The van der Waals surface area contributed by atoms with Gasteiger partial charge >= 0.3 is 5.97 Å². The average molecular weight is 226 g/mol. The van der Waals surface area contributed by atoms with Gasteiger partial charge in [-0.2, -0.15) is 0 Å². The molecule has 0 bridgehead atoms. The summed E-state index contributed by atoms with van der Waals surface area (Å²) in [5.41, 5.74) is -0.361. The number of hydrogen-bond donors (Lipinski definition) is 0. The van der Waals surface area contributed by atoms with Crippen molar-refractivity contribution in [3.8, 4) is 0 Å². The van der Waals surface area contributed by atoms with Crippen LogP contribution in [0, 0.1) is 5.41 Å². The molecule has 0 amide bonds. The summed E-state index contributed by atoms with van der Waals surface area (Å²) in [6.07, 6.45) is 5.44. The van der Waals surface area contributed by atoms with Crippen molar-refractivity contribution < 1.29 is 14.3 Å². The summed E-state index contributed by atoms with van der Waals surface area (Å²) >= 11 is 0. The molecule has 1 aliphatic carbocycles.